The third-order valence-corrected chi connectivity index (χ3v) is 7.25. The minimum atomic E-state index is -3.68. The van der Waals surface area contributed by atoms with Crippen LogP contribution in [0.15, 0.2) is 22.0 Å². The number of aromatic nitrogens is 5. The highest BCUT2D eigenvalue weighted by Crippen LogP contribution is 2.25. The highest BCUT2D eigenvalue weighted by atomic mass is 32.2. The number of hydrogen-bond acceptors (Lipinski definition) is 7. The van der Waals surface area contributed by atoms with Crippen molar-refractivity contribution in [3.05, 3.63) is 34.0 Å². The van der Waals surface area contributed by atoms with Crippen molar-refractivity contribution >= 4 is 21.1 Å². The number of rotatable bonds is 3. The first-order valence-electron chi connectivity index (χ1n) is 9.28. The molecule has 4 rings (SSSR count). The lowest BCUT2D eigenvalue weighted by atomic mass is 10.2. The molecule has 1 saturated heterocycles. The zero-order chi connectivity index (χ0) is 20.9. The second kappa shape index (κ2) is 7.01. The van der Waals surface area contributed by atoms with Crippen LogP contribution in [0.4, 0.5) is 0 Å². The summed E-state index contributed by atoms with van der Waals surface area (Å²) in [5.41, 5.74) is 2.16. The van der Waals surface area contributed by atoms with Gasteiger partial charge in [0.05, 0.1) is 5.69 Å². The number of pyridine rings is 1. The normalized spacial score (nSPS) is 16.6. The van der Waals surface area contributed by atoms with Crippen LogP contribution in [-0.2, 0) is 17.1 Å². The predicted octanol–water partition coefficient (Wildman–Crippen LogP) is 0.272. The second-order valence-electron chi connectivity index (χ2n) is 7.33. The number of hydrogen-bond donors (Lipinski definition) is 1. The smallest absolute Gasteiger partial charge is 0.279 e. The van der Waals surface area contributed by atoms with Crippen molar-refractivity contribution in [3.8, 4) is 11.4 Å². The topological polar surface area (TPSA) is 117 Å². The maximum Gasteiger partial charge on any atom is 0.279 e. The van der Waals surface area contributed by atoms with Crippen LogP contribution >= 0.6 is 0 Å². The van der Waals surface area contributed by atoms with E-state index in [0.717, 1.165) is 5.69 Å². The predicted molar refractivity (Wildman–Crippen MR) is 108 cm³/mol. The number of nitrogens with zero attached hydrogens (tertiary/aromatic N) is 6. The van der Waals surface area contributed by atoms with E-state index < -0.39 is 10.0 Å². The Labute approximate surface area is 168 Å². The zero-order valence-electron chi connectivity index (χ0n) is 16.8. The van der Waals surface area contributed by atoms with Crippen LogP contribution in [0.5, 0.6) is 0 Å². The number of aromatic amines is 1. The molecule has 3 aromatic rings. The molecule has 11 heteroatoms. The first-order chi connectivity index (χ1) is 13.7. The van der Waals surface area contributed by atoms with Crippen LogP contribution in [0.1, 0.15) is 11.4 Å². The fraction of sp³-hybridized carbons (Fsp3) is 0.444. The minimum Gasteiger partial charge on any atom is -0.305 e. The monoisotopic (exact) mass is 417 g/mol. The molecule has 0 bridgehead atoms. The van der Waals surface area contributed by atoms with Gasteiger partial charge in [-0.25, -0.2) is 13.4 Å². The molecule has 0 unspecified atom stereocenters. The maximum absolute atomic E-state index is 13.1. The van der Waals surface area contributed by atoms with Crippen LogP contribution < -0.4 is 5.56 Å². The molecule has 1 N–H and O–H groups in total. The molecule has 1 fully saturated rings. The third kappa shape index (κ3) is 3.34. The fourth-order valence-electron chi connectivity index (χ4n) is 3.39. The molecule has 0 saturated carbocycles. The van der Waals surface area contributed by atoms with E-state index in [-0.39, 0.29) is 21.8 Å². The Hall–Kier alpha value is -2.63. The summed E-state index contributed by atoms with van der Waals surface area (Å²) in [6, 6.07) is 1.53. The average molecular weight is 417 g/mol. The molecule has 0 amide bonds. The molecule has 29 heavy (non-hydrogen) atoms. The molecular formula is C18H23N7O3S. The molecule has 10 nitrogen and oxygen atoms in total. The molecule has 4 heterocycles. The van der Waals surface area contributed by atoms with Gasteiger partial charge in [0.2, 0.25) is 10.0 Å². The van der Waals surface area contributed by atoms with Gasteiger partial charge < -0.3 is 9.88 Å². The maximum atomic E-state index is 13.1. The fourth-order valence-corrected chi connectivity index (χ4v) is 4.78. The van der Waals surface area contributed by atoms with E-state index in [0.29, 0.717) is 43.0 Å². The summed E-state index contributed by atoms with van der Waals surface area (Å²) < 4.78 is 29.2. The van der Waals surface area contributed by atoms with Crippen LogP contribution in [0.2, 0.25) is 0 Å². The quantitative estimate of drug-likeness (QED) is 0.650. The molecule has 3 aromatic heterocycles. The summed E-state index contributed by atoms with van der Waals surface area (Å²) in [7, 11) is 0.0271. The Morgan fingerprint density at radius 1 is 1.07 bits per heavy atom. The number of fused-ring (bicyclic) bond motifs is 1. The van der Waals surface area contributed by atoms with Gasteiger partial charge in [0.25, 0.3) is 5.56 Å². The molecule has 0 atom stereocenters. The Morgan fingerprint density at radius 2 is 1.76 bits per heavy atom. The number of likely N-dealkylation sites (N-methyl/N-ethyl adjacent to an activating group) is 1. The van der Waals surface area contributed by atoms with Gasteiger partial charge in [-0.2, -0.15) is 9.40 Å². The van der Waals surface area contributed by atoms with Gasteiger partial charge in [0.15, 0.2) is 5.52 Å². The van der Waals surface area contributed by atoms with Crippen molar-refractivity contribution in [3.63, 3.8) is 0 Å². The molecular weight excluding hydrogens is 394 g/mol. The van der Waals surface area contributed by atoms with Gasteiger partial charge in [-0.1, -0.05) is 0 Å². The Balaban J connectivity index is 1.81. The van der Waals surface area contributed by atoms with Gasteiger partial charge in [0.1, 0.15) is 16.2 Å². The molecule has 1 aliphatic heterocycles. The number of piperazine rings is 1. The molecule has 0 aliphatic carbocycles. The van der Waals surface area contributed by atoms with E-state index in [9.17, 15) is 13.2 Å². The van der Waals surface area contributed by atoms with Crippen LogP contribution in [-0.4, -0.2) is 75.6 Å². The van der Waals surface area contributed by atoms with Crippen molar-refractivity contribution < 1.29 is 8.42 Å². The summed E-state index contributed by atoms with van der Waals surface area (Å²) in [5.74, 6) is 0.277. The van der Waals surface area contributed by atoms with Crippen molar-refractivity contribution in [2.45, 2.75) is 18.7 Å². The summed E-state index contributed by atoms with van der Waals surface area (Å²) in [6.07, 6.45) is 1.36. The summed E-state index contributed by atoms with van der Waals surface area (Å²) >= 11 is 0. The first kappa shape index (κ1) is 19.7. The first-order valence-corrected chi connectivity index (χ1v) is 10.7. The Kier molecular flexibility index (Phi) is 4.75. The van der Waals surface area contributed by atoms with Gasteiger partial charge in [-0.05, 0) is 27.0 Å². The number of nitrogens with one attached hydrogen (secondary N) is 1. The van der Waals surface area contributed by atoms with Crippen LogP contribution in [0, 0.1) is 13.8 Å². The molecule has 0 spiro atoms. The average Bonchev–Trinajstić information content (AvgIpc) is 2.97. The van der Waals surface area contributed by atoms with Crippen molar-refractivity contribution in [2.24, 2.45) is 7.05 Å². The van der Waals surface area contributed by atoms with Crippen molar-refractivity contribution in [1.82, 2.24) is 33.9 Å². The van der Waals surface area contributed by atoms with Gasteiger partial charge >= 0.3 is 0 Å². The lowest BCUT2D eigenvalue weighted by molar-refractivity contribution is 0.222. The Morgan fingerprint density at radius 3 is 2.45 bits per heavy atom. The van der Waals surface area contributed by atoms with E-state index in [1.807, 2.05) is 14.0 Å². The van der Waals surface area contributed by atoms with Gasteiger partial charge in [-0.15, -0.1) is 0 Å². The standard InChI is InChI=1S/C18H23N7O3S/c1-11-14(17-20-15-12(2)24(4)22-16(15)18(26)21-17)9-13(10-19-11)29(27,28)25-7-5-23(3)6-8-25/h9-10H,5-8H2,1-4H3,(H,20,21,26). The highest BCUT2D eigenvalue weighted by Gasteiger charge is 2.28. The molecule has 0 radical (unpaired) electrons. The van der Waals surface area contributed by atoms with E-state index in [2.05, 4.69) is 25.0 Å². The summed E-state index contributed by atoms with van der Waals surface area (Å²) in [5, 5.41) is 4.18. The Bertz CT molecular complexity index is 1250. The summed E-state index contributed by atoms with van der Waals surface area (Å²) in [4.78, 5) is 26.2. The largest absolute Gasteiger partial charge is 0.305 e. The highest BCUT2D eigenvalue weighted by molar-refractivity contribution is 7.89. The molecule has 1 aliphatic rings. The number of H-pyrrole nitrogens is 1. The number of aryl methyl sites for hydroxylation is 3. The van der Waals surface area contributed by atoms with E-state index in [1.165, 1.54) is 16.6 Å². The summed E-state index contributed by atoms with van der Waals surface area (Å²) in [6.45, 7) is 5.79. The van der Waals surface area contributed by atoms with E-state index >= 15 is 0 Å². The van der Waals surface area contributed by atoms with Crippen LogP contribution in [0.3, 0.4) is 0 Å². The SMILES string of the molecule is Cc1ncc(S(=O)(=O)N2CCN(C)CC2)cc1-c1nc2c(C)n(C)nc2c(=O)[nH]1. The second-order valence-corrected chi connectivity index (χ2v) is 9.27. The van der Waals surface area contributed by atoms with Crippen LogP contribution in [0.25, 0.3) is 22.4 Å². The number of sulfonamides is 1. The lowest BCUT2D eigenvalue weighted by Crippen LogP contribution is -2.47. The van der Waals surface area contributed by atoms with E-state index in [1.54, 1.807) is 18.7 Å². The minimum absolute atomic E-state index is 0.0910. The van der Waals surface area contributed by atoms with E-state index in [4.69, 9.17) is 0 Å². The molecule has 154 valence electrons. The molecule has 0 aromatic carbocycles. The van der Waals surface area contributed by atoms with Gasteiger partial charge in [0, 0.05) is 50.7 Å². The zero-order valence-corrected chi connectivity index (χ0v) is 17.6. The van der Waals surface area contributed by atoms with Gasteiger partial charge in [-0.3, -0.25) is 14.5 Å². The van der Waals surface area contributed by atoms with Crippen molar-refractivity contribution in [1.29, 1.82) is 0 Å². The third-order valence-electron chi connectivity index (χ3n) is 5.39. The lowest BCUT2D eigenvalue weighted by Gasteiger charge is -2.31. The van der Waals surface area contributed by atoms with Crippen molar-refractivity contribution in [2.75, 3.05) is 33.2 Å².